The van der Waals surface area contributed by atoms with Crippen molar-refractivity contribution >= 4 is 28.1 Å². The van der Waals surface area contributed by atoms with Gasteiger partial charge in [0, 0.05) is 33.5 Å². The number of fused-ring (bicyclic) bond motifs is 1. The average Bonchev–Trinajstić information content (AvgIpc) is 2.99. The topological polar surface area (TPSA) is 29.9 Å². The van der Waals surface area contributed by atoms with Gasteiger partial charge in [0.25, 0.3) is 0 Å². The van der Waals surface area contributed by atoms with E-state index in [1.807, 2.05) is 13.1 Å². The second-order valence-electron chi connectivity index (χ2n) is 7.85. The van der Waals surface area contributed by atoms with E-state index in [-0.39, 0.29) is 22.2 Å². The Labute approximate surface area is 149 Å². The average molecular weight is 340 g/mol. The highest BCUT2D eigenvalue weighted by molar-refractivity contribution is 6.22. The summed E-state index contributed by atoms with van der Waals surface area (Å²) < 4.78 is 0. The van der Waals surface area contributed by atoms with Gasteiger partial charge in [0.1, 0.15) is 0 Å². The summed E-state index contributed by atoms with van der Waals surface area (Å²) in [6.45, 7) is 10.9. The van der Waals surface area contributed by atoms with Crippen molar-refractivity contribution in [1.82, 2.24) is 4.98 Å². The lowest BCUT2D eigenvalue weighted by Crippen LogP contribution is -2.46. The van der Waals surface area contributed by atoms with Gasteiger partial charge in [0.15, 0.2) is 0 Å². The number of hydrogen-bond donors (Lipinski definition) is 1. The van der Waals surface area contributed by atoms with E-state index in [0.29, 0.717) is 0 Å². The van der Waals surface area contributed by atoms with Gasteiger partial charge in [-0.15, -0.1) is 18.2 Å². The fraction of sp³-hybridized carbons (Fsp3) is 0.429. The van der Waals surface area contributed by atoms with Gasteiger partial charge in [0.05, 0.1) is 0 Å². The van der Waals surface area contributed by atoms with Crippen LogP contribution in [0.3, 0.4) is 0 Å². The summed E-state index contributed by atoms with van der Waals surface area (Å²) in [5, 5.41) is 6.13. The standard InChI is InChI=1S/C21H24ClN2/c1-6-21(4)16(22)10-14-18(19(21)23-5)12-11-24-15-9-7-8-13(17(12)15)20(14,2)3/h6-9,11,16,19,24H,1,10H2,2-5H3/q-1. The third kappa shape index (κ3) is 1.76. The summed E-state index contributed by atoms with van der Waals surface area (Å²) >= 11 is 6.88. The van der Waals surface area contributed by atoms with Gasteiger partial charge in [-0.05, 0) is 23.5 Å². The number of H-pyrrole nitrogens is 1. The van der Waals surface area contributed by atoms with Crippen molar-refractivity contribution in [2.45, 2.75) is 44.0 Å². The Kier molecular flexibility index (Phi) is 3.33. The number of nitrogens with zero attached hydrogens (tertiary/aromatic N) is 1. The summed E-state index contributed by atoms with van der Waals surface area (Å²) in [5.41, 5.74) is 6.39. The summed E-state index contributed by atoms with van der Waals surface area (Å²) in [6.07, 6.45) is 5.03. The maximum absolute atomic E-state index is 6.88. The molecule has 0 spiro atoms. The molecule has 2 aromatic rings. The number of halogens is 1. The monoisotopic (exact) mass is 339 g/mol. The number of rotatable bonds is 2. The van der Waals surface area contributed by atoms with Crippen molar-refractivity contribution in [3.63, 3.8) is 0 Å². The van der Waals surface area contributed by atoms with Crippen molar-refractivity contribution in [3.05, 3.63) is 59.1 Å². The van der Waals surface area contributed by atoms with Crippen LogP contribution in [0.1, 0.15) is 38.3 Å². The molecule has 0 saturated carbocycles. The molecule has 0 saturated heterocycles. The summed E-state index contributed by atoms with van der Waals surface area (Å²) in [5.74, 6) is 0. The summed E-state index contributed by atoms with van der Waals surface area (Å²) in [7, 11) is 1.91. The highest BCUT2D eigenvalue weighted by Gasteiger charge is 2.46. The molecule has 1 N–H and O–H groups in total. The Hall–Kier alpha value is -1.51. The minimum Gasteiger partial charge on any atom is -0.658 e. The van der Waals surface area contributed by atoms with Crippen molar-refractivity contribution < 1.29 is 0 Å². The minimum absolute atomic E-state index is 0.00131. The zero-order valence-electron chi connectivity index (χ0n) is 14.8. The van der Waals surface area contributed by atoms with Gasteiger partial charge in [0.2, 0.25) is 0 Å². The van der Waals surface area contributed by atoms with Crippen LogP contribution in [0.25, 0.3) is 21.8 Å². The molecule has 3 unspecified atom stereocenters. The van der Waals surface area contributed by atoms with E-state index in [9.17, 15) is 0 Å². The van der Waals surface area contributed by atoms with E-state index in [1.165, 1.54) is 33.2 Å². The highest BCUT2D eigenvalue weighted by Crippen LogP contribution is 2.57. The SMILES string of the molecule is C=CC1(C)C(Cl)CC2=C(c3c[nH]c4cccc(c34)C2(C)C)C1[N-]C. The van der Waals surface area contributed by atoms with Gasteiger partial charge in [-0.3, -0.25) is 0 Å². The van der Waals surface area contributed by atoms with Crippen LogP contribution in [-0.4, -0.2) is 23.5 Å². The van der Waals surface area contributed by atoms with Crippen molar-refractivity contribution in [2.75, 3.05) is 7.05 Å². The van der Waals surface area contributed by atoms with Gasteiger partial charge in [-0.2, -0.15) is 7.05 Å². The van der Waals surface area contributed by atoms with Crippen LogP contribution in [-0.2, 0) is 5.41 Å². The molecule has 0 bridgehead atoms. The van der Waals surface area contributed by atoms with Gasteiger partial charge < -0.3 is 10.3 Å². The quantitative estimate of drug-likeness (QED) is 0.530. The first-order valence-electron chi connectivity index (χ1n) is 8.57. The van der Waals surface area contributed by atoms with Gasteiger partial charge in [-0.25, -0.2) is 0 Å². The highest BCUT2D eigenvalue weighted by atomic mass is 35.5. The lowest BCUT2D eigenvalue weighted by Gasteiger charge is -2.55. The Morgan fingerprint density at radius 3 is 2.75 bits per heavy atom. The second kappa shape index (κ2) is 5.00. The molecule has 0 aliphatic heterocycles. The van der Waals surface area contributed by atoms with E-state index < -0.39 is 0 Å². The first kappa shape index (κ1) is 16.0. The lowest BCUT2D eigenvalue weighted by atomic mass is 9.58. The molecular weight excluding hydrogens is 316 g/mol. The van der Waals surface area contributed by atoms with Gasteiger partial charge >= 0.3 is 0 Å². The maximum Gasteiger partial charge on any atom is 0.0463 e. The Balaban J connectivity index is 2.09. The minimum atomic E-state index is -0.235. The second-order valence-corrected chi connectivity index (χ2v) is 8.38. The van der Waals surface area contributed by atoms with Crippen molar-refractivity contribution in [1.29, 1.82) is 0 Å². The smallest absolute Gasteiger partial charge is 0.0463 e. The number of hydrogen-bond acceptors (Lipinski definition) is 0. The molecule has 3 atom stereocenters. The van der Waals surface area contributed by atoms with Crippen LogP contribution >= 0.6 is 11.6 Å². The molecule has 2 nitrogen and oxygen atoms in total. The van der Waals surface area contributed by atoms with Crippen molar-refractivity contribution in [3.8, 4) is 0 Å². The number of benzene rings is 1. The molecule has 1 heterocycles. The molecule has 0 amide bonds. The van der Waals surface area contributed by atoms with E-state index >= 15 is 0 Å². The zero-order chi connectivity index (χ0) is 17.3. The third-order valence-corrected chi connectivity index (χ3v) is 6.99. The summed E-state index contributed by atoms with van der Waals surface area (Å²) in [4.78, 5) is 3.46. The van der Waals surface area contributed by atoms with Crippen molar-refractivity contribution in [2.24, 2.45) is 5.41 Å². The normalized spacial score (nSPS) is 31.2. The fourth-order valence-electron chi connectivity index (χ4n) is 4.79. The molecule has 3 heteroatoms. The zero-order valence-corrected chi connectivity index (χ0v) is 15.5. The van der Waals surface area contributed by atoms with E-state index in [0.717, 1.165) is 6.42 Å². The number of nitrogens with one attached hydrogen (secondary N) is 1. The van der Waals surface area contributed by atoms with E-state index in [4.69, 9.17) is 16.9 Å². The molecule has 1 aromatic heterocycles. The molecule has 126 valence electrons. The van der Waals surface area contributed by atoms with Crippen LogP contribution in [0.5, 0.6) is 0 Å². The predicted octanol–water partition coefficient (Wildman–Crippen LogP) is 5.79. The molecule has 0 fully saturated rings. The Morgan fingerprint density at radius 1 is 1.33 bits per heavy atom. The molecule has 2 aliphatic rings. The van der Waals surface area contributed by atoms with Crippen LogP contribution in [0.15, 0.2) is 42.6 Å². The first-order chi connectivity index (χ1) is 11.4. The summed E-state index contributed by atoms with van der Waals surface area (Å²) in [6, 6.07) is 6.59. The number of aromatic amines is 1. The number of alkyl halides is 1. The van der Waals surface area contributed by atoms with E-state index in [2.05, 4.69) is 56.7 Å². The molecule has 1 aromatic carbocycles. The third-order valence-electron chi connectivity index (χ3n) is 6.37. The number of allylic oxidation sites excluding steroid dienone is 1. The largest absolute Gasteiger partial charge is 0.658 e. The molecular formula is C21H24ClN2-. The van der Waals surface area contributed by atoms with Crippen LogP contribution in [0, 0.1) is 5.41 Å². The Bertz CT molecular complexity index is 873. The lowest BCUT2D eigenvalue weighted by molar-refractivity contribution is 0.357. The van der Waals surface area contributed by atoms with Crippen LogP contribution in [0.2, 0.25) is 0 Å². The fourth-order valence-corrected chi connectivity index (χ4v) is 5.15. The predicted molar refractivity (Wildman–Crippen MR) is 104 cm³/mol. The molecule has 24 heavy (non-hydrogen) atoms. The van der Waals surface area contributed by atoms with Gasteiger partial charge in [-0.1, -0.05) is 56.2 Å². The van der Waals surface area contributed by atoms with Crippen LogP contribution < -0.4 is 0 Å². The maximum atomic E-state index is 6.88. The molecule has 4 rings (SSSR count). The molecule has 0 radical (unpaired) electrons. The molecule has 2 aliphatic carbocycles. The number of likely N-dealkylation sites (N-methyl/N-ethyl adjacent to an activating group) is 1. The Morgan fingerprint density at radius 2 is 2.08 bits per heavy atom. The van der Waals surface area contributed by atoms with Crippen LogP contribution in [0.4, 0.5) is 0 Å². The first-order valence-corrected chi connectivity index (χ1v) is 9.01. The van der Waals surface area contributed by atoms with E-state index in [1.54, 1.807) is 0 Å². The number of aromatic nitrogens is 1.